The highest BCUT2D eigenvalue weighted by atomic mass is 14.6. The van der Waals surface area contributed by atoms with E-state index in [1.54, 1.807) is 0 Å². The van der Waals surface area contributed by atoms with Crippen molar-refractivity contribution in [1.82, 2.24) is 0 Å². The molecule has 0 radical (unpaired) electrons. The van der Waals surface area contributed by atoms with Crippen molar-refractivity contribution >= 4 is 0 Å². The molecule has 1 nitrogen and oxygen atoms in total. The number of hydrogen-bond donors (Lipinski definition) is 1. The first-order valence-electron chi connectivity index (χ1n) is 4.43. The molecule has 0 spiro atoms. The van der Waals surface area contributed by atoms with Crippen molar-refractivity contribution in [2.75, 3.05) is 0 Å². The van der Waals surface area contributed by atoms with E-state index in [0.29, 0.717) is 0 Å². The van der Waals surface area contributed by atoms with Crippen molar-refractivity contribution in [3.05, 3.63) is 11.6 Å². The molecule has 0 aliphatic rings. The molecule has 2 N–H and O–H groups in total. The fourth-order valence-corrected chi connectivity index (χ4v) is 1.04. The molecule has 0 aliphatic heterocycles. The summed E-state index contributed by atoms with van der Waals surface area (Å²) in [5, 5.41) is 0. The third-order valence-electron chi connectivity index (χ3n) is 1.62. The van der Waals surface area contributed by atoms with E-state index in [0.717, 1.165) is 12.3 Å². The summed E-state index contributed by atoms with van der Waals surface area (Å²) in [5.41, 5.74) is 7.17. The molecule has 0 aromatic carbocycles. The normalized spacial score (nSPS) is 13.3. The molecule has 66 valence electrons. The van der Waals surface area contributed by atoms with Crippen LogP contribution in [0.15, 0.2) is 11.6 Å². The van der Waals surface area contributed by atoms with Gasteiger partial charge in [-0.2, -0.15) is 0 Å². The van der Waals surface area contributed by atoms with E-state index in [1.165, 1.54) is 12.0 Å². The summed E-state index contributed by atoms with van der Waals surface area (Å²) in [5.74, 6) is 0.770. The van der Waals surface area contributed by atoms with Gasteiger partial charge in [0.05, 0.1) is 0 Å². The molecule has 1 unspecified atom stereocenters. The lowest BCUT2D eigenvalue weighted by molar-refractivity contribution is 0.531. The maximum atomic E-state index is 5.85. The number of hydrogen-bond acceptors (Lipinski definition) is 1. The van der Waals surface area contributed by atoms with Gasteiger partial charge in [-0.25, -0.2) is 0 Å². The second-order valence-electron chi connectivity index (χ2n) is 3.88. The molecule has 0 saturated heterocycles. The van der Waals surface area contributed by atoms with Gasteiger partial charge in [-0.05, 0) is 32.6 Å². The van der Waals surface area contributed by atoms with Crippen LogP contribution in [0, 0.1) is 5.92 Å². The minimum atomic E-state index is 0.266. The number of allylic oxidation sites excluding steroid dienone is 1. The molecule has 0 aliphatic carbocycles. The Labute approximate surface area is 70.7 Å². The molecule has 1 heteroatoms. The van der Waals surface area contributed by atoms with Crippen molar-refractivity contribution in [2.45, 2.75) is 46.6 Å². The molecule has 0 heterocycles. The average Bonchev–Trinajstić information content (AvgIpc) is 1.82. The topological polar surface area (TPSA) is 26.0 Å². The largest absolute Gasteiger partial charge is 0.324 e. The second kappa shape index (κ2) is 5.36. The summed E-state index contributed by atoms with van der Waals surface area (Å²) >= 11 is 0. The van der Waals surface area contributed by atoms with E-state index in [-0.39, 0.29) is 6.04 Å². The monoisotopic (exact) mass is 155 g/mol. The van der Waals surface area contributed by atoms with Gasteiger partial charge >= 0.3 is 0 Å². The molecule has 0 aromatic rings. The molecule has 0 rings (SSSR count). The Balaban J connectivity index is 3.53. The van der Waals surface area contributed by atoms with E-state index >= 15 is 0 Å². The Bertz CT molecular complexity index is 121. The van der Waals surface area contributed by atoms with Gasteiger partial charge in [0, 0.05) is 6.04 Å². The lowest BCUT2D eigenvalue weighted by atomic mass is 10.0. The molecule has 0 aromatic heterocycles. The van der Waals surface area contributed by atoms with Crippen LogP contribution in [0.25, 0.3) is 0 Å². The Morgan fingerprint density at radius 1 is 1.27 bits per heavy atom. The number of nitrogens with two attached hydrogens (primary N) is 1. The second-order valence-corrected chi connectivity index (χ2v) is 3.88. The van der Waals surface area contributed by atoms with Gasteiger partial charge in [0.1, 0.15) is 0 Å². The van der Waals surface area contributed by atoms with Crippen LogP contribution in [0.3, 0.4) is 0 Å². The van der Waals surface area contributed by atoms with Crippen molar-refractivity contribution in [2.24, 2.45) is 11.7 Å². The Morgan fingerprint density at radius 3 is 2.18 bits per heavy atom. The molecule has 0 fully saturated rings. The summed E-state index contributed by atoms with van der Waals surface area (Å²) in [4.78, 5) is 0. The van der Waals surface area contributed by atoms with Crippen LogP contribution in [0.2, 0.25) is 0 Å². The fourth-order valence-electron chi connectivity index (χ4n) is 1.04. The van der Waals surface area contributed by atoms with E-state index in [2.05, 4.69) is 33.8 Å². The highest BCUT2D eigenvalue weighted by molar-refractivity contribution is 4.99. The van der Waals surface area contributed by atoms with Gasteiger partial charge in [-0.15, -0.1) is 0 Å². The molecular formula is C10H21N. The molecule has 11 heavy (non-hydrogen) atoms. The quantitative estimate of drug-likeness (QED) is 0.621. The summed E-state index contributed by atoms with van der Waals surface area (Å²) in [6, 6.07) is 0.266. The van der Waals surface area contributed by atoms with E-state index < -0.39 is 0 Å². The van der Waals surface area contributed by atoms with Crippen molar-refractivity contribution in [3.8, 4) is 0 Å². The zero-order chi connectivity index (χ0) is 8.85. The SMILES string of the molecule is CC(C)=CC(N)CCC(C)C. The minimum Gasteiger partial charge on any atom is -0.324 e. The molecule has 0 bridgehead atoms. The van der Waals surface area contributed by atoms with Gasteiger partial charge in [-0.1, -0.05) is 25.5 Å². The zero-order valence-electron chi connectivity index (χ0n) is 8.22. The molecular weight excluding hydrogens is 134 g/mol. The lowest BCUT2D eigenvalue weighted by Crippen LogP contribution is -2.17. The lowest BCUT2D eigenvalue weighted by Gasteiger charge is -2.08. The summed E-state index contributed by atoms with van der Waals surface area (Å²) < 4.78 is 0. The molecule has 0 amide bonds. The maximum absolute atomic E-state index is 5.85. The molecule has 0 saturated carbocycles. The highest BCUT2D eigenvalue weighted by Crippen LogP contribution is 2.07. The Morgan fingerprint density at radius 2 is 1.82 bits per heavy atom. The van der Waals surface area contributed by atoms with Crippen LogP contribution in [0.5, 0.6) is 0 Å². The standard InChI is InChI=1S/C10H21N/c1-8(2)5-6-10(11)7-9(3)4/h7-8,10H,5-6,11H2,1-4H3. The van der Waals surface area contributed by atoms with Gasteiger partial charge in [0.25, 0.3) is 0 Å². The van der Waals surface area contributed by atoms with Crippen LogP contribution in [0.1, 0.15) is 40.5 Å². The van der Waals surface area contributed by atoms with Gasteiger partial charge in [0.15, 0.2) is 0 Å². The van der Waals surface area contributed by atoms with Crippen LogP contribution in [-0.2, 0) is 0 Å². The predicted octanol–water partition coefficient (Wildman–Crippen LogP) is 2.72. The first-order valence-corrected chi connectivity index (χ1v) is 4.43. The summed E-state index contributed by atoms with van der Waals surface area (Å²) in [6.07, 6.45) is 4.48. The van der Waals surface area contributed by atoms with E-state index in [9.17, 15) is 0 Å². The van der Waals surface area contributed by atoms with Gasteiger partial charge in [-0.3, -0.25) is 0 Å². The van der Waals surface area contributed by atoms with Gasteiger partial charge in [0.2, 0.25) is 0 Å². The fraction of sp³-hybridized carbons (Fsp3) is 0.800. The third-order valence-corrected chi connectivity index (χ3v) is 1.62. The van der Waals surface area contributed by atoms with E-state index in [4.69, 9.17) is 5.73 Å². The number of rotatable bonds is 4. The Kier molecular flexibility index (Phi) is 5.22. The molecule has 1 atom stereocenters. The van der Waals surface area contributed by atoms with Crippen LogP contribution in [-0.4, -0.2) is 6.04 Å². The Hall–Kier alpha value is -0.300. The first-order chi connectivity index (χ1) is 5.02. The predicted molar refractivity (Wildman–Crippen MR) is 51.5 cm³/mol. The third kappa shape index (κ3) is 7.60. The van der Waals surface area contributed by atoms with E-state index in [1.807, 2.05) is 0 Å². The first kappa shape index (κ1) is 10.7. The summed E-state index contributed by atoms with van der Waals surface area (Å²) in [6.45, 7) is 8.65. The van der Waals surface area contributed by atoms with Crippen molar-refractivity contribution in [1.29, 1.82) is 0 Å². The van der Waals surface area contributed by atoms with Crippen LogP contribution >= 0.6 is 0 Å². The zero-order valence-corrected chi connectivity index (χ0v) is 8.22. The minimum absolute atomic E-state index is 0.266. The maximum Gasteiger partial charge on any atom is 0.0226 e. The average molecular weight is 155 g/mol. The van der Waals surface area contributed by atoms with Crippen molar-refractivity contribution < 1.29 is 0 Å². The van der Waals surface area contributed by atoms with Crippen LogP contribution in [0.4, 0.5) is 0 Å². The summed E-state index contributed by atoms with van der Waals surface area (Å²) in [7, 11) is 0. The van der Waals surface area contributed by atoms with Gasteiger partial charge < -0.3 is 5.73 Å². The van der Waals surface area contributed by atoms with Crippen molar-refractivity contribution in [3.63, 3.8) is 0 Å². The van der Waals surface area contributed by atoms with Crippen LogP contribution < -0.4 is 5.73 Å². The smallest absolute Gasteiger partial charge is 0.0226 e. The highest BCUT2D eigenvalue weighted by Gasteiger charge is 1.99.